The van der Waals surface area contributed by atoms with E-state index in [-0.39, 0.29) is 5.69 Å². The van der Waals surface area contributed by atoms with Crippen molar-refractivity contribution in [3.05, 3.63) is 17.5 Å². The fourth-order valence-electron chi connectivity index (χ4n) is 2.19. The van der Waals surface area contributed by atoms with Crippen LogP contribution in [0.25, 0.3) is 0 Å². The monoisotopic (exact) mass is 223 g/mol. The van der Waals surface area contributed by atoms with Crippen LogP contribution in [0.3, 0.4) is 0 Å². The molecule has 2 rings (SSSR count). The summed E-state index contributed by atoms with van der Waals surface area (Å²) >= 11 is 0. The smallest absolute Gasteiger partial charge is 0.354 e. The van der Waals surface area contributed by atoms with Gasteiger partial charge in [-0.1, -0.05) is 12.8 Å². The van der Waals surface area contributed by atoms with Crippen molar-refractivity contribution in [1.29, 1.82) is 0 Å². The molecule has 0 bridgehead atoms. The first kappa shape index (κ1) is 11.1. The highest BCUT2D eigenvalue weighted by Crippen LogP contribution is 2.18. The van der Waals surface area contributed by atoms with Gasteiger partial charge in [-0.05, 0) is 18.9 Å². The van der Waals surface area contributed by atoms with Crippen LogP contribution in [0.5, 0.6) is 0 Å². The van der Waals surface area contributed by atoms with E-state index in [2.05, 4.69) is 10.4 Å². The molecule has 16 heavy (non-hydrogen) atoms. The first-order chi connectivity index (χ1) is 7.66. The predicted molar refractivity (Wildman–Crippen MR) is 59.3 cm³/mol. The van der Waals surface area contributed by atoms with E-state index in [9.17, 15) is 4.79 Å². The molecule has 0 atom stereocenters. The van der Waals surface area contributed by atoms with Gasteiger partial charge in [0.15, 0.2) is 0 Å². The van der Waals surface area contributed by atoms with Crippen LogP contribution in [0.2, 0.25) is 0 Å². The highest BCUT2D eigenvalue weighted by molar-refractivity contribution is 5.85. The molecule has 0 aliphatic heterocycles. The number of aryl methyl sites for hydroxylation is 1. The Morgan fingerprint density at radius 3 is 2.88 bits per heavy atom. The van der Waals surface area contributed by atoms with Crippen LogP contribution >= 0.6 is 0 Å². The predicted octanol–water partition coefficient (Wildman–Crippen LogP) is 1.15. The lowest BCUT2D eigenvalue weighted by atomic mass is 10.2. The van der Waals surface area contributed by atoms with Crippen LogP contribution in [-0.2, 0) is 13.6 Å². The largest absolute Gasteiger partial charge is 0.477 e. The summed E-state index contributed by atoms with van der Waals surface area (Å²) < 4.78 is 1.41. The number of aromatic carboxylic acids is 1. The van der Waals surface area contributed by atoms with Crippen LogP contribution in [-0.4, -0.2) is 26.9 Å². The summed E-state index contributed by atoms with van der Waals surface area (Å²) in [6.07, 6.45) is 5.03. The van der Waals surface area contributed by atoms with Gasteiger partial charge in [0.1, 0.15) is 5.69 Å². The topological polar surface area (TPSA) is 67.2 Å². The minimum atomic E-state index is -0.929. The van der Waals surface area contributed by atoms with E-state index >= 15 is 0 Å². The van der Waals surface area contributed by atoms with Crippen molar-refractivity contribution in [2.75, 3.05) is 0 Å². The second-order valence-corrected chi connectivity index (χ2v) is 4.31. The molecule has 1 aromatic rings. The molecule has 0 radical (unpaired) electrons. The van der Waals surface area contributed by atoms with Crippen molar-refractivity contribution in [2.45, 2.75) is 38.3 Å². The van der Waals surface area contributed by atoms with E-state index in [1.54, 1.807) is 13.1 Å². The Labute approximate surface area is 94.5 Å². The van der Waals surface area contributed by atoms with E-state index in [0.717, 1.165) is 5.69 Å². The highest BCUT2D eigenvalue weighted by Gasteiger charge is 2.16. The van der Waals surface area contributed by atoms with Crippen molar-refractivity contribution >= 4 is 5.97 Å². The van der Waals surface area contributed by atoms with Gasteiger partial charge in [0, 0.05) is 19.6 Å². The van der Waals surface area contributed by atoms with Gasteiger partial charge in [-0.25, -0.2) is 4.79 Å². The maximum atomic E-state index is 10.8. The van der Waals surface area contributed by atoms with Gasteiger partial charge in [0.2, 0.25) is 0 Å². The van der Waals surface area contributed by atoms with Crippen LogP contribution in [0.4, 0.5) is 0 Å². The lowest BCUT2D eigenvalue weighted by Gasteiger charge is -2.09. The van der Waals surface area contributed by atoms with Gasteiger partial charge in [0.05, 0.1) is 5.69 Å². The van der Waals surface area contributed by atoms with Crippen molar-refractivity contribution in [3.63, 3.8) is 0 Å². The molecule has 1 aromatic heterocycles. The fraction of sp³-hybridized carbons (Fsp3) is 0.636. The van der Waals surface area contributed by atoms with Crippen molar-refractivity contribution in [1.82, 2.24) is 15.1 Å². The quantitative estimate of drug-likeness (QED) is 0.803. The Balaban J connectivity index is 1.94. The average Bonchev–Trinajstić information content (AvgIpc) is 2.83. The molecule has 0 saturated heterocycles. The molecule has 1 aliphatic rings. The van der Waals surface area contributed by atoms with Crippen molar-refractivity contribution < 1.29 is 9.90 Å². The van der Waals surface area contributed by atoms with E-state index in [1.807, 2.05) is 0 Å². The van der Waals surface area contributed by atoms with E-state index in [4.69, 9.17) is 5.11 Å². The van der Waals surface area contributed by atoms with E-state index in [1.165, 1.54) is 30.4 Å². The van der Waals surface area contributed by atoms with Gasteiger partial charge in [0.25, 0.3) is 0 Å². The Morgan fingerprint density at radius 2 is 2.31 bits per heavy atom. The summed E-state index contributed by atoms with van der Waals surface area (Å²) in [6, 6.07) is 2.21. The summed E-state index contributed by atoms with van der Waals surface area (Å²) in [6.45, 7) is 0.659. The number of carboxylic acid groups (broad SMARTS) is 1. The summed E-state index contributed by atoms with van der Waals surface area (Å²) in [4.78, 5) is 10.8. The number of carbonyl (C=O) groups is 1. The SMILES string of the molecule is Cn1nc(CNC2CCCC2)cc1C(=O)O. The number of nitrogens with one attached hydrogen (secondary N) is 1. The summed E-state index contributed by atoms with van der Waals surface area (Å²) in [5.74, 6) is -0.929. The fourth-order valence-corrected chi connectivity index (χ4v) is 2.19. The standard InChI is InChI=1S/C11H17N3O2/c1-14-10(11(15)16)6-9(13-14)7-12-8-4-2-3-5-8/h6,8,12H,2-5,7H2,1H3,(H,15,16). The van der Waals surface area contributed by atoms with Crippen LogP contribution in [0, 0.1) is 0 Å². The van der Waals surface area contributed by atoms with Gasteiger partial charge in [-0.3, -0.25) is 4.68 Å². The summed E-state index contributed by atoms with van der Waals surface area (Å²) in [7, 11) is 1.66. The molecular weight excluding hydrogens is 206 g/mol. The average molecular weight is 223 g/mol. The summed E-state index contributed by atoms with van der Waals surface area (Å²) in [5.41, 5.74) is 1.04. The van der Waals surface area contributed by atoms with Crippen LogP contribution < -0.4 is 5.32 Å². The Kier molecular flexibility index (Phi) is 3.24. The molecule has 0 amide bonds. The number of hydrogen-bond acceptors (Lipinski definition) is 3. The molecule has 0 aromatic carbocycles. The minimum Gasteiger partial charge on any atom is -0.477 e. The molecule has 1 fully saturated rings. The van der Waals surface area contributed by atoms with Crippen LogP contribution in [0.15, 0.2) is 6.07 Å². The number of carboxylic acids is 1. The number of hydrogen-bond donors (Lipinski definition) is 2. The first-order valence-electron chi connectivity index (χ1n) is 5.66. The maximum absolute atomic E-state index is 10.8. The summed E-state index contributed by atoms with van der Waals surface area (Å²) in [5, 5.41) is 16.5. The van der Waals surface area contributed by atoms with E-state index < -0.39 is 5.97 Å². The lowest BCUT2D eigenvalue weighted by molar-refractivity contribution is 0.0685. The van der Waals surface area contributed by atoms with Crippen molar-refractivity contribution in [3.8, 4) is 0 Å². The third-order valence-electron chi connectivity index (χ3n) is 3.08. The minimum absolute atomic E-state index is 0.239. The zero-order valence-corrected chi connectivity index (χ0v) is 9.44. The number of rotatable bonds is 4. The third-order valence-corrected chi connectivity index (χ3v) is 3.08. The van der Waals surface area contributed by atoms with Gasteiger partial charge in [-0.2, -0.15) is 5.10 Å². The molecule has 0 unspecified atom stereocenters. The Morgan fingerprint density at radius 1 is 1.62 bits per heavy atom. The molecule has 5 nitrogen and oxygen atoms in total. The first-order valence-corrected chi connectivity index (χ1v) is 5.66. The Hall–Kier alpha value is -1.36. The molecule has 88 valence electrons. The number of nitrogens with zero attached hydrogens (tertiary/aromatic N) is 2. The zero-order chi connectivity index (χ0) is 11.5. The van der Waals surface area contributed by atoms with E-state index in [0.29, 0.717) is 12.6 Å². The maximum Gasteiger partial charge on any atom is 0.354 e. The molecule has 2 N–H and O–H groups in total. The highest BCUT2D eigenvalue weighted by atomic mass is 16.4. The second-order valence-electron chi connectivity index (χ2n) is 4.31. The normalized spacial score (nSPS) is 16.8. The molecule has 1 aliphatic carbocycles. The van der Waals surface area contributed by atoms with Gasteiger partial charge < -0.3 is 10.4 Å². The van der Waals surface area contributed by atoms with Gasteiger partial charge in [-0.15, -0.1) is 0 Å². The third kappa shape index (κ3) is 2.41. The molecule has 1 heterocycles. The Bertz CT molecular complexity index is 381. The zero-order valence-electron chi connectivity index (χ0n) is 9.44. The molecule has 0 spiro atoms. The van der Waals surface area contributed by atoms with Crippen molar-refractivity contribution in [2.24, 2.45) is 7.05 Å². The molecular formula is C11H17N3O2. The number of aromatic nitrogens is 2. The van der Waals surface area contributed by atoms with Gasteiger partial charge >= 0.3 is 5.97 Å². The second kappa shape index (κ2) is 4.65. The lowest BCUT2D eigenvalue weighted by Crippen LogP contribution is -2.25. The molecule has 1 saturated carbocycles. The van der Waals surface area contributed by atoms with Crippen LogP contribution in [0.1, 0.15) is 41.9 Å². The molecule has 5 heteroatoms.